The van der Waals surface area contributed by atoms with Crippen molar-refractivity contribution in [2.45, 2.75) is 52.2 Å². The Morgan fingerprint density at radius 1 is 1.22 bits per heavy atom. The number of hydrogen-bond acceptors (Lipinski definition) is 6. The van der Waals surface area contributed by atoms with E-state index in [0.29, 0.717) is 34.9 Å². The van der Waals surface area contributed by atoms with Crippen LogP contribution in [0.2, 0.25) is 0 Å². The number of nitrogens with zero attached hydrogens (tertiary/aromatic N) is 2. The lowest BCUT2D eigenvalue weighted by molar-refractivity contribution is -0.113. The molecule has 0 unspecified atom stereocenters. The van der Waals surface area contributed by atoms with Gasteiger partial charge in [-0.1, -0.05) is 31.2 Å². The van der Waals surface area contributed by atoms with Crippen molar-refractivity contribution in [3.05, 3.63) is 50.6 Å². The van der Waals surface area contributed by atoms with E-state index < -0.39 is 0 Å². The third kappa shape index (κ3) is 5.39. The molecule has 32 heavy (non-hydrogen) atoms. The minimum Gasteiger partial charge on any atom is -0.352 e. The van der Waals surface area contributed by atoms with Crippen molar-refractivity contribution in [3.63, 3.8) is 0 Å². The molecule has 0 aliphatic rings. The predicted octanol–water partition coefficient (Wildman–Crippen LogP) is 4.36. The molecule has 0 saturated heterocycles. The second-order valence-corrected chi connectivity index (χ2v) is 9.59. The van der Waals surface area contributed by atoms with E-state index in [1.54, 1.807) is 28.8 Å². The SMILES string of the molecule is CCCCn1c(SCC(=O)Nc2cccc(C(=O)NCC)c2)nc2sc(C)c(C)c2c1=O. The second kappa shape index (κ2) is 10.8. The first-order valence-electron chi connectivity index (χ1n) is 10.7. The Morgan fingerprint density at radius 2 is 2.00 bits per heavy atom. The Morgan fingerprint density at radius 3 is 2.72 bits per heavy atom. The molecule has 170 valence electrons. The number of carbonyl (C=O) groups excluding carboxylic acids is 2. The van der Waals surface area contributed by atoms with Crippen molar-refractivity contribution in [1.82, 2.24) is 14.9 Å². The fraction of sp³-hybridized carbons (Fsp3) is 0.391. The summed E-state index contributed by atoms with van der Waals surface area (Å²) in [6, 6.07) is 6.81. The lowest BCUT2D eigenvalue weighted by Gasteiger charge is -2.12. The number of thioether (sulfide) groups is 1. The molecule has 2 heterocycles. The molecule has 1 aromatic carbocycles. The number of anilines is 1. The molecular weight excluding hydrogens is 444 g/mol. The quantitative estimate of drug-likeness (QED) is 0.357. The third-order valence-electron chi connectivity index (χ3n) is 5.07. The van der Waals surface area contributed by atoms with Crippen LogP contribution in [-0.2, 0) is 11.3 Å². The van der Waals surface area contributed by atoms with E-state index in [0.717, 1.165) is 28.1 Å². The van der Waals surface area contributed by atoms with Crippen LogP contribution < -0.4 is 16.2 Å². The minimum atomic E-state index is -0.224. The first-order valence-corrected chi connectivity index (χ1v) is 12.5. The first-order chi connectivity index (χ1) is 15.3. The number of amides is 2. The fourth-order valence-electron chi connectivity index (χ4n) is 3.26. The van der Waals surface area contributed by atoms with E-state index in [1.807, 2.05) is 20.8 Å². The van der Waals surface area contributed by atoms with Crippen LogP contribution in [-0.4, -0.2) is 33.7 Å². The number of rotatable bonds is 9. The van der Waals surface area contributed by atoms with Gasteiger partial charge in [0, 0.05) is 29.2 Å². The monoisotopic (exact) mass is 472 g/mol. The summed E-state index contributed by atoms with van der Waals surface area (Å²) in [7, 11) is 0. The minimum absolute atomic E-state index is 0.0390. The Labute approximate surface area is 195 Å². The van der Waals surface area contributed by atoms with Crippen molar-refractivity contribution in [2.24, 2.45) is 0 Å². The van der Waals surface area contributed by atoms with Crippen LogP contribution in [0, 0.1) is 13.8 Å². The molecule has 0 aliphatic carbocycles. The topological polar surface area (TPSA) is 93.1 Å². The summed E-state index contributed by atoms with van der Waals surface area (Å²) in [5, 5.41) is 6.81. The van der Waals surface area contributed by atoms with Crippen molar-refractivity contribution >= 4 is 50.8 Å². The average molecular weight is 473 g/mol. The summed E-state index contributed by atoms with van der Waals surface area (Å²) < 4.78 is 1.69. The second-order valence-electron chi connectivity index (χ2n) is 7.45. The highest BCUT2D eigenvalue weighted by atomic mass is 32.2. The molecule has 3 rings (SSSR count). The first kappa shape index (κ1) is 24.0. The van der Waals surface area contributed by atoms with Crippen molar-refractivity contribution in [1.29, 1.82) is 0 Å². The van der Waals surface area contributed by atoms with Gasteiger partial charge in [0.15, 0.2) is 5.16 Å². The van der Waals surface area contributed by atoms with E-state index in [1.165, 1.54) is 23.1 Å². The maximum absolute atomic E-state index is 13.2. The molecule has 3 aromatic rings. The van der Waals surface area contributed by atoms with Gasteiger partial charge < -0.3 is 10.6 Å². The van der Waals surface area contributed by atoms with Gasteiger partial charge in [-0.05, 0) is 51.0 Å². The van der Waals surface area contributed by atoms with Crippen molar-refractivity contribution < 1.29 is 9.59 Å². The zero-order valence-corrected chi connectivity index (χ0v) is 20.4. The van der Waals surface area contributed by atoms with Gasteiger partial charge in [0.05, 0.1) is 11.1 Å². The predicted molar refractivity (Wildman–Crippen MR) is 132 cm³/mol. The number of aromatic nitrogens is 2. The Kier molecular flexibility index (Phi) is 8.09. The fourth-order valence-corrected chi connectivity index (χ4v) is 5.16. The zero-order chi connectivity index (χ0) is 23.3. The van der Waals surface area contributed by atoms with E-state index in [4.69, 9.17) is 4.98 Å². The molecule has 2 N–H and O–H groups in total. The molecule has 9 heteroatoms. The van der Waals surface area contributed by atoms with Crippen LogP contribution in [0.4, 0.5) is 5.69 Å². The van der Waals surface area contributed by atoms with Crippen LogP contribution >= 0.6 is 23.1 Å². The van der Waals surface area contributed by atoms with Crippen molar-refractivity contribution in [2.75, 3.05) is 17.6 Å². The van der Waals surface area contributed by atoms with Crippen LogP contribution in [0.3, 0.4) is 0 Å². The largest absolute Gasteiger partial charge is 0.352 e. The maximum atomic E-state index is 13.2. The average Bonchev–Trinajstić information content (AvgIpc) is 3.05. The van der Waals surface area contributed by atoms with Gasteiger partial charge >= 0.3 is 0 Å². The highest BCUT2D eigenvalue weighted by molar-refractivity contribution is 7.99. The zero-order valence-electron chi connectivity index (χ0n) is 18.8. The Balaban J connectivity index is 1.78. The summed E-state index contributed by atoms with van der Waals surface area (Å²) in [6.45, 7) is 8.98. The molecule has 0 bridgehead atoms. The molecule has 7 nitrogen and oxygen atoms in total. The van der Waals surface area contributed by atoms with Gasteiger partial charge in [0.2, 0.25) is 5.91 Å². The lowest BCUT2D eigenvalue weighted by Crippen LogP contribution is -2.24. The Hall–Kier alpha value is -2.65. The third-order valence-corrected chi connectivity index (χ3v) is 7.14. The van der Waals surface area contributed by atoms with Crippen LogP contribution in [0.5, 0.6) is 0 Å². The number of thiophene rings is 1. The number of unbranched alkanes of at least 4 members (excludes halogenated alkanes) is 1. The smallest absolute Gasteiger partial charge is 0.263 e. The van der Waals surface area contributed by atoms with Gasteiger partial charge in [-0.2, -0.15) is 0 Å². The number of benzene rings is 1. The number of hydrogen-bond donors (Lipinski definition) is 2. The summed E-state index contributed by atoms with van der Waals surface area (Å²) in [5.41, 5.74) is 1.98. The van der Waals surface area contributed by atoms with Gasteiger partial charge in [0.1, 0.15) is 4.83 Å². The lowest BCUT2D eigenvalue weighted by atomic mass is 10.2. The molecular formula is C23H28N4O3S2. The molecule has 2 aromatic heterocycles. The highest BCUT2D eigenvalue weighted by Crippen LogP contribution is 2.28. The number of carbonyl (C=O) groups is 2. The highest BCUT2D eigenvalue weighted by Gasteiger charge is 2.17. The van der Waals surface area contributed by atoms with Crippen LogP contribution in [0.15, 0.2) is 34.2 Å². The summed E-state index contributed by atoms with van der Waals surface area (Å²) >= 11 is 2.76. The number of fused-ring (bicyclic) bond motifs is 1. The van der Waals surface area contributed by atoms with E-state index in [2.05, 4.69) is 17.6 Å². The summed E-state index contributed by atoms with van der Waals surface area (Å²) in [4.78, 5) is 44.3. The number of nitrogens with one attached hydrogen (secondary N) is 2. The van der Waals surface area contributed by atoms with Gasteiger partial charge in [-0.15, -0.1) is 11.3 Å². The Bertz CT molecular complexity index is 1200. The number of aryl methyl sites for hydroxylation is 2. The molecule has 0 fully saturated rings. The molecule has 0 atom stereocenters. The van der Waals surface area contributed by atoms with Crippen LogP contribution in [0.25, 0.3) is 10.2 Å². The molecule has 0 aliphatic heterocycles. The van der Waals surface area contributed by atoms with Gasteiger partial charge in [-0.3, -0.25) is 19.0 Å². The normalized spacial score (nSPS) is 11.0. The summed E-state index contributed by atoms with van der Waals surface area (Å²) in [5.74, 6) is -0.298. The van der Waals surface area contributed by atoms with Crippen LogP contribution in [0.1, 0.15) is 47.5 Å². The molecule has 0 saturated carbocycles. The molecule has 0 radical (unpaired) electrons. The molecule has 0 spiro atoms. The van der Waals surface area contributed by atoms with E-state index >= 15 is 0 Å². The molecule has 2 amide bonds. The van der Waals surface area contributed by atoms with Crippen molar-refractivity contribution in [3.8, 4) is 0 Å². The van der Waals surface area contributed by atoms with E-state index in [9.17, 15) is 14.4 Å². The van der Waals surface area contributed by atoms with Gasteiger partial charge in [-0.25, -0.2) is 4.98 Å². The van der Waals surface area contributed by atoms with Gasteiger partial charge in [0.25, 0.3) is 11.5 Å². The maximum Gasteiger partial charge on any atom is 0.263 e. The summed E-state index contributed by atoms with van der Waals surface area (Å²) in [6.07, 6.45) is 1.82. The standard InChI is InChI=1S/C23H28N4O3S2/c1-5-7-11-27-22(30)19-14(3)15(4)32-21(19)26-23(27)31-13-18(28)25-17-10-8-9-16(12-17)20(29)24-6-2/h8-10,12H,5-7,11,13H2,1-4H3,(H,24,29)(H,25,28). The van der Waals surface area contributed by atoms with E-state index in [-0.39, 0.29) is 23.1 Å².